The zero-order chi connectivity index (χ0) is 44.1. The van der Waals surface area contributed by atoms with Crippen LogP contribution in [0.5, 0.6) is 0 Å². The largest absolute Gasteiger partial charge is 0.265 e. The summed E-state index contributed by atoms with van der Waals surface area (Å²) < 4.78 is 0. The first kappa shape index (κ1) is 39.9. The van der Waals surface area contributed by atoms with E-state index in [1.165, 1.54) is 0 Å². The Hall–Kier alpha value is -8.93. The number of rotatable bonds is 10. The minimum Gasteiger partial charge on any atom is -0.265 e. The minimum atomic E-state index is 0.655. The maximum atomic E-state index is 5.26. The summed E-state index contributed by atoms with van der Waals surface area (Å²) in [7, 11) is 0. The summed E-state index contributed by atoms with van der Waals surface area (Å²) >= 11 is 0. The SMILES string of the molecule is c1ccc(-c2cccc(-c3cc(-c4ccccc4)nc(-c4ccc(-c5ccc(-c6ccncc6)cc5-c5ccccc5-c5nc(-c6ccccc6)cc(-c6ccccc6)n5)cc4)n3)c2)cc1. The summed E-state index contributed by atoms with van der Waals surface area (Å²) in [5.74, 6) is 1.31. The van der Waals surface area contributed by atoms with E-state index < -0.39 is 0 Å². The summed E-state index contributed by atoms with van der Waals surface area (Å²) in [6, 6.07) is 82.0. The van der Waals surface area contributed by atoms with Gasteiger partial charge in [-0.25, -0.2) is 19.9 Å². The summed E-state index contributed by atoms with van der Waals surface area (Å²) in [6.07, 6.45) is 3.67. The molecule has 0 spiro atoms. The number of nitrogens with zero attached hydrogens (tertiary/aromatic N) is 5. The molecule has 0 aliphatic carbocycles. The molecule has 310 valence electrons. The molecular formula is C61H41N5. The van der Waals surface area contributed by atoms with Gasteiger partial charge in [0.15, 0.2) is 11.6 Å². The van der Waals surface area contributed by atoms with Crippen molar-refractivity contribution in [3.63, 3.8) is 0 Å². The van der Waals surface area contributed by atoms with Crippen molar-refractivity contribution in [2.24, 2.45) is 0 Å². The topological polar surface area (TPSA) is 64.5 Å². The van der Waals surface area contributed by atoms with E-state index >= 15 is 0 Å². The molecule has 0 aliphatic rings. The van der Waals surface area contributed by atoms with Gasteiger partial charge in [0.05, 0.1) is 22.8 Å². The Bertz CT molecular complexity index is 3370. The average molecular weight is 844 g/mol. The molecule has 0 unspecified atom stereocenters. The van der Waals surface area contributed by atoms with Crippen molar-refractivity contribution in [1.29, 1.82) is 0 Å². The molecule has 0 N–H and O–H groups in total. The van der Waals surface area contributed by atoms with E-state index in [4.69, 9.17) is 19.9 Å². The van der Waals surface area contributed by atoms with E-state index in [-0.39, 0.29) is 0 Å². The van der Waals surface area contributed by atoms with Gasteiger partial charge in [-0.2, -0.15) is 0 Å². The zero-order valence-corrected chi connectivity index (χ0v) is 35.9. The normalized spacial score (nSPS) is 11.0. The smallest absolute Gasteiger partial charge is 0.161 e. The molecule has 0 amide bonds. The van der Waals surface area contributed by atoms with Gasteiger partial charge in [-0.15, -0.1) is 0 Å². The fraction of sp³-hybridized carbons (Fsp3) is 0. The fourth-order valence-corrected chi connectivity index (χ4v) is 8.51. The molecule has 66 heavy (non-hydrogen) atoms. The lowest BCUT2D eigenvalue weighted by Gasteiger charge is -2.17. The molecule has 0 saturated carbocycles. The Morgan fingerprint density at radius 1 is 0.197 bits per heavy atom. The first-order valence-electron chi connectivity index (χ1n) is 22.1. The first-order valence-corrected chi connectivity index (χ1v) is 22.1. The Kier molecular flexibility index (Phi) is 10.9. The van der Waals surface area contributed by atoms with Gasteiger partial charge >= 0.3 is 0 Å². The van der Waals surface area contributed by atoms with Crippen LogP contribution in [0.25, 0.3) is 112 Å². The van der Waals surface area contributed by atoms with Crippen LogP contribution in [0.15, 0.2) is 249 Å². The predicted molar refractivity (Wildman–Crippen MR) is 270 cm³/mol. The van der Waals surface area contributed by atoms with Crippen LogP contribution in [0.3, 0.4) is 0 Å². The fourth-order valence-electron chi connectivity index (χ4n) is 8.51. The lowest BCUT2D eigenvalue weighted by atomic mass is 9.88. The number of hydrogen-bond donors (Lipinski definition) is 0. The molecule has 0 bridgehead atoms. The van der Waals surface area contributed by atoms with Gasteiger partial charge in [-0.05, 0) is 80.9 Å². The van der Waals surface area contributed by atoms with E-state index in [1.807, 2.05) is 85.2 Å². The molecule has 11 aromatic rings. The van der Waals surface area contributed by atoms with Gasteiger partial charge in [0.1, 0.15) is 0 Å². The van der Waals surface area contributed by atoms with Crippen molar-refractivity contribution in [2.45, 2.75) is 0 Å². The standard InChI is InChI=1S/C61H41N5/c1-5-16-42(17-6-1)49-24-15-25-51(38-49)59-41-56(45-18-7-2-8-19-45)63-60(64-59)48-30-28-44(29-31-48)52-33-32-50(43-34-36-62-37-35-43)39-55(52)53-26-13-14-27-54(53)61-65-57(46-20-9-3-10-21-46)40-58(66-61)47-22-11-4-12-23-47/h1-41H. The Morgan fingerprint density at radius 3 is 1.18 bits per heavy atom. The molecule has 0 aliphatic heterocycles. The number of aromatic nitrogens is 5. The minimum absolute atomic E-state index is 0.655. The monoisotopic (exact) mass is 843 g/mol. The zero-order valence-electron chi connectivity index (χ0n) is 35.9. The lowest BCUT2D eigenvalue weighted by molar-refractivity contribution is 1.18. The molecule has 8 aromatic carbocycles. The second-order valence-corrected chi connectivity index (χ2v) is 16.1. The van der Waals surface area contributed by atoms with Crippen molar-refractivity contribution in [1.82, 2.24) is 24.9 Å². The van der Waals surface area contributed by atoms with E-state index in [2.05, 4.69) is 169 Å². The molecule has 0 fully saturated rings. The van der Waals surface area contributed by atoms with Crippen molar-refractivity contribution in [3.8, 4) is 112 Å². The second kappa shape index (κ2) is 18.0. The van der Waals surface area contributed by atoms with Crippen LogP contribution in [-0.4, -0.2) is 24.9 Å². The number of benzene rings is 8. The first-order chi connectivity index (χ1) is 32.7. The second-order valence-electron chi connectivity index (χ2n) is 16.1. The lowest BCUT2D eigenvalue weighted by Crippen LogP contribution is -1.98. The Labute approximate surface area is 384 Å². The summed E-state index contributed by atoms with van der Waals surface area (Å²) in [4.78, 5) is 25.2. The molecule has 3 heterocycles. The van der Waals surface area contributed by atoms with Crippen LogP contribution in [0.1, 0.15) is 0 Å². The third-order valence-corrected chi connectivity index (χ3v) is 11.9. The van der Waals surface area contributed by atoms with Crippen LogP contribution in [0.2, 0.25) is 0 Å². The maximum Gasteiger partial charge on any atom is 0.161 e. The van der Waals surface area contributed by atoms with Crippen LogP contribution >= 0.6 is 0 Å². The third-order valence-electron chi connectivity index (χ3n) is 11.9. The predicted octanol–water partition coefficient (Wildman–Crippen LogP) is 15.3. The highest BCUT2D eigenvalue weighted by molar-refractivity contribution is 5.93. The molecular weight excluding hydrogens is 803 g/mol. The maximum absolute atomic E-state index is 5.26. The molecule has 5 nitrogen and oxygen atoms in total. The van der Waals surface area contributed by atoms with Gasteiger partial charge in [0.25, 0.3) is 0 Å². The molecule has 5 heteroatoms. The van der Waals surface area contributed by atoms with E-state index in [9.17, 15) is 0 Å². The van der Waals surface area contributed by atoms with E-state index in [0.717, 1.165) is 101 Å². The van der Waals surface area contributed by atoms with Crippen LogP contribution in [-0.2, 0) is 0 Å². The highest BCUT2D eigenvalue weighted by atomic mass is 14.9. The van der Waals surface area contributed by atoms with E-state index in [1.54, 1.807) is 0 Å². The molecule has 0 saturated heterocycles. The van der Waals surface area contributed by atoms with Crippen molar-refractivity contribution in [2.75, 3.05) is 0 Å². The van der Waals surface area contributed by atoms with Crippen molar-refractivity contribution < 1.29 is 0 Å². The van der Waals surface area contributed by atoms with Crippen molar-refractivity contribution >= 4 is 0 Å². The molecule has 3 aromatic heterocycles. The van der Waals surface area contributed by atoms with Gasteiger partial charge in [-0.3, -0.25) is 4.98 Å². The summed E-state index contributed by atoms with van der Waals surface area (Å²) in [5.41, 5.74) is 18.1. The van der Waals surface area contributed by atoms with Gasteiger partial charge in [-0.1, -0.05) is 200 Å². The van der Waals surface area contributed by atoms with Crippen LogP contribution < -0.4 is 0 Å². The average Bonchev–Trinajstić information content (AvgIpc) is 3.42. The molecule has 0 radical (unpaired) electrons. The summed E-state index contributed by atoms with van der Waals surface area (Å²) in [6.45, 7) is 0. The van der Waals surface area contributed by atoms with Gasteiger partial charge in [0, 0.05) is 45.8 Å². The summed E-state index contributed by atoms with van der Waals surface area (Å²) in [5, 5.41) is 0. The molecule has 0 atom stereocenters. The molecule has 11 rings (SSSR count). The quantitative estimate of drug-likeness (QED) is 0.137. The van der Waals surface area contributed by atoms with E-state index in [0.29, 0.717) is 11.6 Å². The van der Waals surface area contributed by atoms with Gasteiger partial charge < -0.3 is 0 Å². The number of pyridine rings is 1. The Balaban J connectivity index is 1.04. The van der Waals surface area contributed by atoms with Crippen LogP contribution in [0.4, 0.5) is 0 Å². The van der Waals surface area contributed by atoms with Gasteiger partial charge in [0.2, 0.25) is 0 Å². The third kappa shape index (κ3) is 8.32. The Morgan fingerprint density at radius 2 is 0.606 bits per heavy atom. The highest BCUT2D eigenvalue weighted by Gasteiger charge is 2.19. The van der Waals surface area contributed by atoms with Crippen LogP contribution in [0, 0.1) is 0 Å². The van der Waals surface area contributed by atoms with Crippen molar-refractivity contribution in [3.05, 3.63) is 249 Å². The number of hydrogen-bond acceptors (Lipinski definition) is 5. The highest BCUT2D eigenvalue weighted by Crippen LogP contribution is 2.41.